The van der Waals surface area contributed by atoms with Gasteiger partial charge in [-0.2, -0.15) is 0 Å². The van der Waals surface area contributed by atoms with E-state index in [0.29, 0.717) is 24.9 Å². The van der Waals surface area contributed by atoms with Crippen molar-refractivity contribution in [1.82, 2.24) is 4.90 Å². The van der Waals surface area contributed by atoms with Crippen molar-refractivity contribution in [3.63, 3.8) is 0 Å². The maximum absolute atomic E-state index is 14.1. The molecule has 0 aliphatic carbocycles. The van der Waals surface area contributed by atoms with Crippen LogP contribution in [0.25, 0.3) is 0 Å². The molecule has 2 N–H and O–H groups in total. The maximum Gasteiger partial charge on any atom is 0.312 e. The van der Waals surface area contributed by atoms with E-state index >= 15 is 0 Å². The Hall–Kier alpha value is -3.23. The monoisotopic (exact) mass is 506 g/mol. The summed E-state index contributed by atoms with van der Waals surface area (Å²) in [5.74, 6) is -2.77. The Balaban J connectivity index is 1.55. The molecule has 0 unspecified atom stereocenters. The van der Waals surface area contributed by atoms with Crippen molar-refractivity contribution in [2.24, 2.45) is 11.8 Å². The summed E-state index contributed by atoms with van der Waals surface area (Å²) in [7, 11) is 0. The molecule has 3 saturated heterocycles. The summed E-state index contributed by atoms with van der Waals surface area (Å²) in [6.45, 7) is 5.46. The van der Waals surface area contributed by atoms with Gasteiger partial charge in [0.2, 0.25) is 11.8 Å². The van der Waals surface area contributed by atoms with Crippen LogP contribution in [0.2, 0.25) is 0 Å². The Bertz CT molecular complexity index is 1200. The molecule has 2 aromatic rings. The number of esters is 1. The van der Waals surface area contributed by atoms with Crippen molar-refractivity contribution in [1.29, 1.82) is 0 Å². The number of carbonyl (C=O) groups is 3. The molecule has 5 rings (SSSR count). The number of ether oxygens (including phenoxy) is 2. The van der Waals surface area contributed by atoms with Gasteiger partial charge in [0.15, 0.2) is 0 Å². The first-order chi connectivity index (χ1) is 17.8. The summed E-state index contributed by atoms with van der Waals surface area (Å²) >= 11 is 0. The van der Waals surface area contributed by atoms with Gasteiger partial charge >= 0.3 is 5.97 Å². The largest absolute Gasteiger partial charge is 0.466 e. The van der Waals surface area contributed by atoms with E-state index in [4.69, 9.17) is 9.47 Å². The first kappa shape index (κ1) is 25.4. The zero-order chi connectivity index (χ0) is 26.3. The van der Waals surface area contributed by atoms with Gasteiger partial charge in [0, 0.05) is 5.69 Å². The zero-order valence-corrected chi connectivity index (χ0v) is 21.5. The number of aliphatic hydroxyl groups is 1. The van der Waals surface area contributed by atoms with E-state index in [-0.39, 0.29) is 25.0 Å². The number of aryl methyl sites for hydroxylation is 2. The predicted molar refractivity (Wildman–Crippen MR) is 137 cm³/mol. The number of hydrogen-bond donors (Lipinski definition) is 2. The van der Waals surface area contributed by atoms with Gasteiger partial charge in [-0.1, -0.05) is 42.5 Å². The van der Waals surface area contributed by atoms with Crippen LogP contribution < -0.4 is 5.32 Å². The highest BCUT2D eigenvalue weighted by atomic mass is 16.6. The Morgan fingerprint density at radius 2 is 1.97 bits per heavy atom. The number of amides is 2. The number of rotatable bonds is 8. The van der Waals surface area contributed by atoms with Crippen LogP contribution in [0.15, 0.2) is 48.5 Å². The van der Waals surface area contributed by atoms with Gasteiger partial charge < -0.3 is 24.8 Å². The van der Waals surface area contributed by atoms with E-state index < -0.39 is 41.6 Å². The molecule has 2 bridgehead atoms. The Morgan fingerprint density at radius 1 is 1.22 bits per heavy atom. The van der Waals surface area contributed by atoms with E-state index in [1.54, 1.807) is 6.92 Å². The molecule has 8 nitrogen and oxygen atoms in total. The molecule has 1 spiro atoms. The number of aliphatic hydroxyl groups excluding tert-OH is 1. The molecule has 0 saturated carbocycles. The second-order valence-electron chi connectivity index (χ2n) is 10.4. The van der Waals surface area contributed by atoms with Gasteiger partial charge in [0.1, 0.15) is 11.6 Å². The fourth-order valence-corrected chi connectivity index (χ4v) is 6.50. The highest BCUT2D eigenvalue weighted by Crippen LogP contribution is 2.59. The molecular formula is C29H34N2O6. The molecule has 3 aliphatic heterocycles. The van der Waals surface area contributed by atoms with Crippen molar-refractivity contribution in [3.8, 4) is 0 Å². The van der Waals surface area contributed by atoms with Gasteiger partial charge in [-0.05, 0) is 62.8 Å². The Labute approximate surface area is 216 Å². The molecule has 196 valence electrons. The minimum Gasteiger partial charge on any atom is -0.466 e. The van der Waals surface area contributed by atoms with E-state index in [9.17, 15) is 19.5 Å². The van der Waals surface area contributed by atoms with E-state index in [0.717, 1.165) is 16.7 Å². The third-order valence-corrected chi connectivity index (χ3v) is 8.11. The van der Waals surface area contributed by atoms with Crippen LogP contribution in [0.1, 0.15) is 36.5 Å². The van der Waals surface area contributed by atoms with Crippen molar-refractivity contribution in [3.05, 3.63) is 65.2 Å². The number of hydrogen-bond acceptors (Lipinski definition) is 6. The van der Waals surface area contributed by atoms with Crippen LogP contribution in [0.3, 0.4) is 0 Å². The van der Waals surface area contributed by atoms with Crippen molar-refractivity contribution < 1.29 is 29.0 Å². The predicted octanol–water partition coefficient (Wildman–Crippen LogP) is 2.78. The highest BCUT2D eigenvalue weighted by Gasteiger charge is 2.75. The lowest BCUT2D eigenvalue weighted by atomic mass is 9.70. The van der Waals surface area contributed by atoms with E-state index in [1.807, 2.05) is 62.4 Å². The third kappa shape index (κ3) is 4.22. The average Bonchev–Trinajstić information content (AvgIpc) is 3.53. The van der Waals surface area contributed by atoms with Crippen molar-refractivity contribution >= 4 is 23.5 Å². The molecule has 37 heavy (non-hydrogen) atoms. The average molecular weight is 507 g/mol. The van der Waals surface area contributed by atoms with Crippen LogP contribution in [0.4, 0.5) is 5.69 Å². The molecule has 2 amide bonds. The van der Waals surface area contributed by atoms with Crippen LogP contribution in [-0.4, -0.2) is 64.8 Å². The summed E-state index contributed by atoms with van der Waals surface area (Å²) in [6, 6.07) is 13.7. The molecule has 0 aromatic heterocycles. The van der Waals surface area contributed by atoms with E-state index in [1.165, 1.54) is 4.90 Å². The first-order valence-electron chi connectivity index (χ1n) is 13.0. The summed E-state index contributed by atoms with van der Waals surface area (Å²) < 4.78 is 11.8. The quantitative estimate of drug-likeness (QED) is 0.534. The molecule has 3 heterocycles. The fraction of sp³-hybridized carbons (Fsp3) is 0.483. The van der Waals surface area contributed by atoms with Crippen LogP contribution >= 0.6 is 0 Å². The summed E-state index contributed by atoms with van der Waals surface area (Å²) in [4.78, 5) is 42.6. The molecule has 8 heteroatoms. The van der Waals surface area contributed by atoms with Crippen LogP contribution in [0.5, 0.6) is 0 Å². The number of benzene rings is 2. The molecule has 2 aromatic carbocycles. The smallest absolute Gasteiger partial charge is 0.312 e. The SMILES string of the molecule is CCOC(=O)[C@@H]1[C@H]2C(=O)N([C@@H](CO)Cc3ccccc3)[C@H](C(=O)Nc3cc(C)ccc3C)[C@]23CC[C@H]1O3. The lowest BCUT2D eigenvalue weighted by Gasteiger charge is -2.37. The number of fused-ring (bicyclic) bond motifs is 1. The second-order valence-corrected chi connectivity index (χ2v) is 10.4. The van der Waals surface area contributed by atoms with Gasteiger partial charge in [-0.15, -0.1) is 0 Å². The number of likely N-dealkylation sites (tertiary alicyclic amines) is 1. The Morgan fingerprint density at radius 3 is 2.68 bits per heavy atom. The molecule has 0 radical (unpaired) electrons. The van der Waals surface area contributed by atoms with Crippen molar-refractivity contribution in [2.45, 2.75) is 63.8 Å². The van der Waals surface area contributed by atoms with Crippen LogP contribution in [-0.2, 0) is 30.3 Å². The fourth-order valence-electron chi connectivity index (χ4n) is 6.50. The standard InChI is InChI=1S/C29H34N2O6/c1-4-36-28(35)23-22-12-13-29(37-22)24(23)27(34)31(20(16-32)15-19-8-6-5-7-9-19)25(29)26(33)30-21-14-17(2)10-11-18(21)3/h5-11,14,20,22-25,32H,4,12-13,15-16H2,1-3H3,(H,30,33)/t20-,22-,23+,24+,25-,29+/m1/s1. The second kappa shape index (κ2) is 9.91. The number of nitrogens with zero attached hydrogens (tertiary/aromatic N) is 1. The lowest BCUT2D eigenvalue weighted by molar-refractivity contribution is -0.155. The molecule has 6 atom stereocenters. The molecule has 3 aliphatic rings. The topological polar surface area (TPSA) is 105 Å². The van der Waals surface area contributed by atoms with Crippen LogP contribution in [0, 0.1) is 25.7 Å². The summed E-state index contributed by atoms with van der Waals surface area (Å²) in [6.07, 6.45) is 0.950. The van der Waals surface area contributed by atoms with Gasteiger partial charge in [-0.3, -0.25) is 14.4 Å². The van der Waals surface area contributed by atoms with Gasteiger partial charge in [0.25, 0.3) is 0 Å². The van der Waals surface area contributed by atoms with Gasteiger partial charge in [-0.25, -0.2) is 0 Å². The maximum atomic E-state index is 14.1. The van der Waals surface area contributed by atoms with Crippen molar-refractivity contribution in [2.75, 3.05) is 18.5 Å². The number of nitrogens with one attached hydrogen (secondary N) is 1. The summed E-state index contributed by atoms with van der Waals surface area (Å²) in [5.41, 5.74) is 2.34. The highest BCUT2D eigenvalue weighted by molar-refractivity contribution is 6.03. The molecular weight excluding hydrogens is 472 g/mol. The minimum absolute atomic E-state index is 0.198. The normalized spacial score (nSPS) is 28.8. The van der Waals surface area contributed by atoms with E-state index in [2.05, 4.69) is 5.32 Å². The lowest BCUT2D eigenvalue weighted by Crippen LogP contribution is -2.56. The first-order valence-corrected chi connectivity index (χ1v) is 13.0. The molecule has 3 fully saturated rings. The number of anilines is 1. The number of carbonyl (C=O) groups excluding carboxylic acids is 3. The third-order valence-electron chi connectivity index (χ3n) is 8.11. The minimum atomic E-state index is -1.15. The van der Waals surface area contributed by atoms with Gasteiger partial charge in [0.05, 0.1) is 37.2 Å². The zero-order valence-electron chi connectivity index (χ0n) is 21.5. The summed E-state index contributed by atoms with van der Waals surface area (Å²) in [5, 5.41) is 13.5. The Kier molecular flexibility index (Phi) is 6.81.